The summed E-state index contributed by atoms with van der Waals surface area (Å²) in [4.78, 5) is 0. The van der Waals surface area contributed by atoms with Gasteiger partial charge in [-0.25, -0.2) is 0 Å². The van der Waals surface area contributed by atoms with E-state index in [9.17, 15) is 0 Å². The third kappa shape index (κ3) is 2.67. The molecule has 0 saturated carbocycles. The molecule has 0 saturated heterocycles. The Morgan fingerprint density at radius 3 is 2.08 bits per heavy atom. The average molecular weight is 163 g/mol. The lowest BCUT2D eigenvalue weighted by Gasteiger charge is -2.21. The molecule has 0 aliphatic heterocycles. The molecule has 12 heavy (non-hydrogen) atoms. The predicted molar refractivity (Wildman–Crippen MR) is 53.8 cm³/mol. The maximum Gasteiger partial charge on any atom is 0.0499 e. The molecule has 2 N–H and O–H groups in total. The molecule has 0 amide bonds. The summed E-state index contributed by atoms with van der Waals surface area (Å²) >= 11 is 0. The molecular formula is C11H17N. The molecule has 1 atom stereocenters. The fourth-order valence-electron chi connectivity index (χ4n) is 1.07. The zero-order valence-electron chi connectivity index (χ0n) is 8.04. The topological polar surface area (TPSA) is 26.0 Å². The van der Waals surface area contributed by atoms with Crippen LogP contribution in [0.1, 0.15) is 20.8 Å². The van der Waals surface area contributed by atoms with Gasteiger partial charge in [-0.05, 0) is 6.92 Å². The summed E-state index contributed by atoms with van der Waals surface area (Å²) in [7, 11) is 0. The summed E-state index contributed by atoms with van der Waals surface area (Å²) in [6.45, 7) is 6.32. The van der Waals surface area contributed by atoms with Crippen molar-refractivity contribution in [2.45, 2.75) is 26.3 Å². The molecule has 1 aliphatic rings. The van der Waals surface area contributed by atoms with Crippen LogP contribution in [-0.2, 0) is 0 Å². The second-order valence-corrected chi connectivity index (χ2v) is 4.24. The summed E-state index contributed by atoms with van der Waals surface area (Å²) in [6, 6.07) is 0. The number of allylic oxidation sites excluding steroid dienone is 4. The minimum Gasteiger partial charge on any atom is -0.319 e. The van der Waals surface area contributed by atoms with Gasteiger partial charge in [0.05, 0.1) is 0 Å². The summed E-state index contributed by atoms with van der Waals surface area (Å²) in [5.74, 6) is 0. The SMILES string of the molecule is CC1(C)/C=C\C=C/C(C)(N)/C=C\1. The molecule has 66 valence electrons. The van der Waals surface area contributed by atoms with Crippen LogP contribution in [0.4, 0.5) is 0 Å². The van der Waals surface area contributed by atoms with Crippen molar-refractivity contribution in [2.75, 3.05) is 0 Å². The van der Waals surface area contributed by atoms with E-state index in [0.29, 0.717) is 0 Å². The largest absolute Gasteiger partial charge is 0.319 e. The van der Waals surface area contributed by atoms with Crippen LogP contribution in [-0.4, -0.2) is 5.54 Å². The van der Waals surface area contributed by atoms with Gasteiger partial charge in [0.1, 0.15) is 0 Å². The fraction of sp³-hybridized carbons (Fsp3) is 0.455. The molecule has 1 nitrogen and oxygen atoms in total. The van der Waals surface area contributed by atoms with Crippen molar-refractivity contribution in [3.63, 3.8) is 0 Å². The molecule has 0 spiro atoms. The van der Waals surface area contributed by atoms with Gasteiger partial charge in [0.25, 0.3) is 0 Å². The van der Waals surface area contributed by atoms with Gasteiger partial charge in [0.15, 0.2) is 0 Å². The standard InChI is InChI=1S/C11H17N/c1-10(2)6-4-5-7-11(3,12)9-8-10/h4-9H,12H2,1-3H3/b6-4-,7-5-,9-8-. The second-order valence-electron chi connectivity index (χ2n) is 4.24. The lowest BCUT2D eigenvalue weighted by atomic mass is 9.87. The highest BCUT2D eigenvalue weighted by atomic mass is 14.7. The van der Waals surface area contributed by atoms with Crippen LogP contribution in [0.25, 0.3) is 0 Å². The lowest BCUT2D eigenvalue weighted by molar-refractivity contribution is 0.608. The second kappa shape index (κ2) is 2.91. The maximum absolute atomic E-state index is 5.96. The molecule has 1 unspecified atom stereocenters. The van der Waals surface area contributed by atoms with Gasteiger partial charge in [0, 0.05) is 11.0 Å². The van der Waals surface area contributed by atoms with Crippen molar-refractivity contribution in [3.8, 4) is 0 Å². The van der Waals surface area contributed by atoms with Crippen molar-refractivity contribution in [3.05, 3.63) is 36.5 Å². The smallest absolute Gasteiger partial charge is 0.0499 e. The van der Waals surface area contributed by atoms with Crippen molar-refractivity contribution < 1.29 is 0 Å². The monoisotopic (exact) mass is 163 g/mol. The maximum atomic E-state index is 5.96. The van der Waals surface area contributed by atoms with Crippen LogP contribution in [0.3, 0.4) is 0 Å². The van der Waals surface area contributed by atoms with E-state index in [2.05, 4.69) is 32.1 Å². The molecule has 1 rings (SSSR count). The molecule has 0 heterocycles. The first-order valence-electron chi connectivity index (χ1n) is 4.28. The Kier molecular flexibility index (Phi) is 2.25. The van der Waals surface area contributed by atoms with Gasteiger partial charge >= 0.3 is 0 Å². The van der Waals surface area contributed by atoms with Gasteiger partial charge in [-0.2, -0.15) is 0 Å². The van der Waals surface area contributed by atoms with Crippen LogP contribution in [0, 0.1) is 5.41 Å². The molecule has 1 aliphatic carbocycles. The summed E-state index contributed by atoms with van der Waals surface area (Å²) in [5.41, 5.74) is 5.77. The average Bonchev–Trinajstić information content (AvgIpc) is 1.94. The van der Waals surface area contributed by atoms with Gasteiger partial charge in [0.2, 0.25) is 0 Å². The summed E-state index contributed by atoms with van der Waals surface area (Å²) in [6.07, 6.45) is 12.4. The Balaban J connectivity index is 2.97. The molecule has 1 heteroatoms. The van der Waals surface area contributed by atoms with E-state index in [1.54, 1.807) is 0 Å². The minimum atomic E-state index is -0.304. The van der Waals surface area contributed by atoms with E-state index >= 15 is 0 Å². The first-order valence-corrected chi connectivity index (χ1v) is 4.28. The predicted octanol–water partition coefficient (Wildman–Crippen LogP) is 2.41. The van der Waals surface area contributed by atoms with Crippen molar-refractivity contribution in [1.82, 2.24) is 0 Å². The molecule has 0 aromatic carbocycles. The molecule has 0 bridgehead atoms. The van der Waals surface area contributed by atoms with Crippen molar-refractivity contribution in [2.24, 2.45) is 11.1 Å². The van der Waals surface area contributed by atoms with E-state index in [0.717, 1.165) is 0 Å². The Labute approximate surface area is 74.7 Å². The Morgan fingerprint density at radius 2 is 1.42 bits per heavy atom. The van der Waals surface area contributed by atoms with Crippen LogP contribution >= 0.6 is 0 Å². The molecule has 0 aromatic heterocycles. The molecule has 0 aromatic rings. The van der Waals surface area contributed by atoms with E-state index in [1.165, 1.54) is 0 Å². The Morgan fingerprint density at radius 1 is 0.833 bits per heavy atom. The van der Waals surface area contributed by atoms with Gasteiger partial charge in [-0.15, -0.1) is 0 Å². The van der Waals surface area contributed by atoms with Crippen molar-refractivity contribution >= 4 is 0 Å². The van der Waals surface area contributed by atoms with Crippen LogP contribution < -0.4 is 5.73 Å². The zero-order chi connectivity index (χ0) is 9.24. The normalized spacial score (nSPS) is 41.0. The van der Waals surface area contributed by atoms with Gasteiger partial charge < -0.3 is 5.73 Å². The summed E-state index contributed by atoms with van der Waals surface area (Å²) < 4.78 is 0. The van der Waals surface area contributed by atoms with E-state index in [4.69, 9.17) is 5.73 Å². The van der Waals surface area contributed by atoms with E-state index < -0.39 is 0 Å². The third-order valence-electron chi connectivity index (χ3n) is 1.96. The van der Waals surface area contributed by atoms with E-state index in [1.807, 2.05) is 25.2 Å². The van der Waals surface area contributed by atoms with E-state index in [-0.39, 0.29) is 11.0 Å². The third-order valence-corrected chi connectivity index (χ3v) is 1.96. The highest BCUT2D eigenvalue weighted by molar-refractivity contribution is 5.25. The molecular weight excluding hydrogens is 146 g/mol. The summed E-state index contributed by atoms with van der Waals surface area (Å²) in [5, 5.41) is 0. The Bertz CT molecular complexity index is 216. The van der Waals surface area contributed by atoms with Crippen LogP contribution in [0.5, 0.6) is 0 Å². The lowest BCUT2D eigenvalue weighted by Crippen LogP contribution is -2.31. The Hall–Kier alpha value is -0.820. The molecule has 0 radical (unpaired) electrons. The quantitative estimate of drug-likeness (QED) is 0.545. The highest BCUT2D eigenvalue weighted by Crippen LogP contribution is 2.22. The first-order chi connectivity index (χ1) is 5.41. The number of hydrogen-bond acceptors (Lipinski definition) is 1. The minimum absolute atomic E-state index is 0.116. The first kappa shape index (κ1) is 9.27. The fourth-order valence-corrected chi connectivity index (χ4v) is 1.07. The zero-order valence-corrected chi connectivity index (χ0v) is 8.04. The number of rotatable bonds is 0. The molecule has 0 fully saturated rings. The van der Waals surface area contributed by atoms with Crippen LogP contribution in [0.15, 0.2) is 36.5 Å². The van der Waals surface area contributed by atoms with Crippen LogP contribution in [0.2, 0.25) is 0 Å². The van der Waals surface area contributed by atoms with Gasteiger partial charge in [-0.3, -0.25) is 0 Å². The van der Waals surface area contributed by atoms with Crippen molar-refractivity contribution in [1.29, 1.82) is 0 Å². The van der Waals surface area contributed by atoms with Gasteiger partial charge in [-0.1, -0.05) is 50.3 Å². The number of hydrogen-bond donors (Lipinski definition) is 1. The number of nitrogens with two attached hydrogens (primary N) is 1. The highest BCUT2D eigenvalue weighted by Gasteiger charge is 2.15.